The van der Waals surface area contributed by atoms with Gasteiger partial charge in [-0.25, -0.2) is 9.59 Å². The van der Waals surface area contributed by atoms with Crippen LogP contribution in [-0.4, -0.2) is 73.6 Å². The Morgan fingerprint density at radius 2 is 1.09 bits per heavy atom. The minimum Gasteiger partial charge on any atom is -0.457 e. The van der Waals surface area contributed by atoms with Gasteiger partial charge in [0.25, 0.3) is 0 Å². The van der Waals surface area contributed by atoms with Crippen molar-refractivity contribution < 1.29 is 51.8 Å². The Morgan fingerprint density at radius 3 is 1.38 bits per heavy atom. The molecule has 4 amide bonds. The standard InChI is InChI=1S/C28H42I3N4O11P/c1-13(32-25(39)45-27(4,5)6)23(37)34-21-18(29)17(16(44-15(3)36)12-47(41,42-10)43-11)19(30)22(20(21)31)35-24(38)14(2)33-26(40)46-28(7,8)9/h13-14,16H,12H2,1-11H3,(H,32,39)(H,33,40)(H,34,37)(H,35,38)/t13-,14-,16?/m0/s1. The monoisotopic (exact) mass is 1020 g/mol. The number of benzene rings is 1. The van der Waals surface area contributed by atoms with E-state index in [2.05, 4.69) is 21.3 Å². The summed E-state index contributed by atoms with van der Waals surface area (Å²) in [6.45, 7) is 14.2. The predicted molar refractivity (Wildman–Crippen MR) is 201 cm³/mol. The molecule has 47 heavy (non-hydrogen) atoms. The van der Waals surface area contributed by atoms with E-state index in [-0.39, 0.29) is 16.9 Å². The molecule has 1 aromatic rings. The Kier molecular flexibility index (Phi) is 16.6. The normalized spacial score (nSPS) is 13.8. The summed E-state index contributed by atoms with van der Waals surface area (Å²) >= 11 is 5.80. The van der Waals surface area contributed by atoms with Crippen molar-refractivity contribution in [3.05, 3.63) is 16.3 Å². The van der Waals surface area contributed by atoms with Gasteiger partial charge in [-0.05, 0) is 123 Å². The molecule has 19 heteroatoms. The van der Waals surface area contributed by atoms with Crippen LogP contribution < -0.4 is 21.3 Å². The zero-order valence-corrected chi connectivity index (χ0v) is 35.4. The molecule has 0 radical (unpaired) electrons. The molecule has 15 nitrogen and oxygen atoms in total. The van der Waals surface area contributed by atoms with Crippen molar-refractivity contribution in [1.29, 1.82) is 0 Å². The van der Waals surface area contributed by atoms with Crippen LogP contribution in [0.15, 0.2) is 0 Å². The third-order valence-electron chi connectivity index (χ3n) is 5.68. The number of anilines is 2. The zero-order chi connectivity index (χ0) is 36.7. The average Bonchev–Trinajstić information content (AvgIpc) is 2.90. The van der Waals surface area contributed by atoms with Gasteiger partial charge in [0.05, 0.1) is 21.1 Å². The van der Waals surface area contributed by atoms with Crippen LogP contribution in [0.5, 0.6) is 0 Å². The maximum atomic E-state index is 13.4. The molecule has 0 saturated carbocycles. The molecule has 4 N–H and O–H groups in total. The van der Waals surface area contributed by atoms with Crippen LogP contribution >= 0.6 is 75.4 Å². The number of hydrogen-bond acceptors (Lipinski definition) is 11. The van der Waals surface area contributed by atoms with Crippen LogP contribution in [0, 0.1) is 10.7 Å². The summed E-state index contributed by atoms with van der Waals surface area (Å²) in [6.07, 6.45) is -3.25. The Morgan fingerprint density at radius 1 is 0.723 bits per heavy atom. The summed E-state index contributed by atoms with van der Waals surface area (Å²) in [4.78, 5) is 63.6. The van der Waals surface area contributed by atoms with Crippen LogP contribution in [0.4, 0.5) is 21.0 Å². The first-order valence-electron chi connectivity index (χ1n) is 14.0. The number of amides is 4. The van der Waals surface area contributed by atoms with E-state index in [1.54, 1.807) is 41.5 Å². The average molecular weight is 1020 g/mol. The van der Waals surface area contributed by atoms with Crippen molar-refractivity contribution in [2.24, 2.45) is 0 Å². The summed E-state index contributed by atoms with van der Waals surface area (Å²) < 4.78 is 40.6. The molecule has 0 saturated heterocycles. The topological polar surface area (TPSA) is 197 Å². The summed E-state index contributed by atoms with van der Waals surface area (Å²) in [7, 11) is -1.40. The fraction of sp³-hybridized carbons (Fsp3) is 0.607. The molecule has 0 aliphatic rings. The lowest BCUT2D eigenvalue weighted by molar-refractivity contribution is -0.145. The molecule has 0 heterocycles. The number of alkyl carbamates (subject to hydrolysis) is 2. The van der Waals surface area contributed by atoms with E-state index >= 15 is 0 Å². The highest BCUT2D eigenvalue weighted by atomic mass is 127. The minimum absolute atomic E-state index is 0.189. The number of carbonyl (C=O) groups excluding carboxylic acids is 5. The molecule has 266 valence electrons. The molecule has 1 unspecified atom stereocenters. The van der Waals surface area contributed by atoms with Crippen molar-refractivity contribution >= 4 is 117 Å². The molecule has 0 aromatic heterocycles. The summed E-state index contributed by atoms with van der Waals surface area (Å²) in [5.41, 5.74) is -0.937. The second kappa shape index (κ2) is 18.0. The van der Waals surface area contributed by atoms with Crippen molar-refractivity contribution in [2.45, 2.75) is 91.7 Å². The SMILES string of the molecule is COP(=O)(CC(OC(C)=O)c1c(I)c(NC(=O)[C@H](C)NC(=O)OC(C)(C)C)c(I)c(NC(=O)[C@H](C)NC(=O)OC(C)(C)C)c1I)OC. The quantitative estimate of drug-likeness (QED) is 0.0795. The molecule has 3 atom stereocenters. The van der Waals surface area contributed by atoms with E-state index < -0.39 is 73.1 Å². The number of esters is 1. The van der Waals surface area contributed by atoms with Crippen molar-refractivity contribution in [3.63, 3.8) is 0 Å². The third-order valence-corrected chi connectivity index (χ3v) is 10.9. The fourth-order valence-corrected chi connectivity index (χ4v) is 9.07. The van der Waals surface area contributed by atoms with Gasteiger partial charge in [0.15, 0.2) is 0 Å². The molecule has 1 rings (SSSR count). The van der Waals surface area contributed by atoms with Gasteiger partial charge in [0.2, 0.25) is 11.8 Å². The van der Waals surface area contributed by atoms with Gasteiger partial charge in [0.1, 0.15) is 29.4 Å². The third kappa shape index (κ3) is 14.1. The van der Waals surface area contributed by atoms with Gasteiger partial charge in [0, 0.05) is 33.8 Å². The zero-order valence-electron chi connectivity index (χ0n) is 28.0. The Bertz CT molecular complexity index is 1330. The Balaban J connectivity index is 3.76. The lowest BCUT2D eigenvalue weighted by atomic mass is 10.1. The highest BCUT2D eigenvalue weighted by Crippen LogP contribution is 2.52. The van der Waals surface area contributed by atoms with Crippen LogP contribution in [0.3, 0.4) is 0 Å². The summed E-state index contributed by atoms with van der Waals surface area (Å²) in [5.74, 6) is -1.99. The number of rotatable bonds is 12. The maximum absolute atomic E-state index is 13.4. The van der Waals surface area contributed by atoms with Crippen LogP contribution in [0.25, 0.3) is 0 Å². The van der Waals surface area contributed by atoms with Crippen molar-refractivity contribution in [2.75, 3.05) is 31.0 Å². The molecule has 0 spiro atoms. The van der Waals surface area contributed by atoms with E-state index in [1.807, 2.05) is 67.8 Å². The van der Waals surface area contributed by atoms with Gasteiger partial charge in [-0.15, -0.1) is 0 Å². The fourth-order valence-electron chi connectivity index (χ4n) is 3.56. The lowest BCUT2D eigenvalue weighted by Crippen LogP contribution is -2.44. The van der Waals surface area contributed by atoms with E-state index in [1.165, 1.54) is 35.0 Å². The molecule has 0 fully saturated rings. The summed E-state index contributed by atoms with van der Waals surface area (Å²) in [6, 6.07) is -2.14. The first kappa shape index (κ1) is 43.5. The number of halogens is 3. The van der Waals surface area contributed by atoms with Crippen molar-refractivity contribution in [3.8, 4) is 0 Å². The summed E-state index contributed by atoms with van der Waals surface area (Å²) in [5, 5.41) is 10.5. The number of carbonyl (C=O) groups is 5. The highest BCUT2D eigenvalue weighted by molar-refractivity contribution is 14.1. The molecule has 1 aromatic carbocycles. The molecule has 0 aliphatic carbocycles. The first-order chi connectivity index (χ1) is 21.3. The van der Waals surface area contributed by atoms with Gasteiger partial charge in [-0.1, -0.05) is 0 Å². The molecular formula is C28H42I3N4O11P. The Labute approximate surface area is 315 Å². The van der Waals surface area contributed by atoms with Gasteiger partial charge >= 0.3 is 25.8 Å². The molecular weight excluding hydrogens is 980 g/mol. The smallest absolute Gasteiger partial charge is 0.408 e. The van der Waals surface area contributed by atoms with Gasteiger partial charge in [-0.3, -0.25) is 18.9 Å². The van der Waals surface area contributed by atoms with E-state index in [0.29, 0.717) is 10.7 Å². The molecule has 0 aliphatic heterocycles. The van der Waals surface area contributed by atoms with Crippen LogP contribution in [0.2, 0.25) is 0 Å². The highest BCUT2D eigenvalue weighted by Gasteiger charge is 2.36. The van der Waals surface area contributed by atoms with Crippen LogP contribution in [-0.2, 0) is 42.2 Å². The van der Waals surface area contributed by atoms with Gasteiger partial charge in [-0.2, -0.15) is 0 Å². The second-order valence-corrected chi connectivity index (χ2v) is 17.6. The first-order valence-corrected chi connectivity index (χ1v) is 19.0. The van der Waals surface area contributed by atoms with Crippen LogP contribution in [0.1, 0.15) is 74.0 Å². The number of nitrogens with one attached hydrogen (secondary N) is 4. The lowest BCUT2D eigenvalue weighted by Gasteiger charge is -2.28. The molecule has 0 bridgehead atoms. The predicted octanol–water partition coefficient (Wildman–Crippen LogP) is 6.29. The second-order valence-electron chi connectivity index (χ2n) is 12.1. The van der Waals surface area contributed by atoms with Crippen molar-refractivity contribution in [1.82, 2.24) is 10.6 Å². The van der Waals surface area contributed by atoms with Gasteiger partial charge < -0.3 is 44.5 Å². The maximum Gasteiger partial charge on any atom is 0.408 e. The number of hydrogen-bond donors (Lipinski definition) is 4. The minimum atomic E-state index is -3.78. The van der Waals surface area contributed by atoms with E-state index in [0.717, 1.165) is 0 Å². The largest absolute Gasteiger partial charge is 0.457 e. The number of ether oxygens (including phenoxy) is 3. The van der Waals surface area contributed by atoms with E-state index in [4.69, 9.17) is 23.3 Å². The van der Waals surface area contributed by atoms with E-state index in [9.17, 15) is 28.5 Å². The Hall–Kier alpha value is -1.49.